The second-order valence-electron chi connectivity index (χ2n) is 2.99. The number of alkyl carbamates (subject to hydrolysis) is 1. The quantitative estimate of drug-likeness (QED) is 0.508. The highest BCUT2D eigenvalue weighted by atomic mass is 16.5. The maximum absolute atomic E-state index is 10.6. The highest BCUT2D eigenvalue weighted by Gasteiger charge is 1.98. The van der Waals surface area contributed by atoms with Gasteiger partial charge in [-0.3, -0.25) is 4.79 Å². The van der Waals surface area contributed by atoms with E-state index in [1.807, 2.05) is 0 Å². The summed E-state index contributed by atoms with van der Waals surface area (Å²) in [6, 6.07) is 0. The lowest BCUT2D eigenvalue weighted by Gasteiger charge is -2.04. The first-order chi connectivity index (χ1) is 7.20. The Labute approximate surface area is 89.0 Å². The van der Waals surface area contributed by atoms with Crippen LogP contribution in [0.25, 0.3) is 0 Å². The van der Waals surface area contributed by atoms with Gasteiger partial charge in [0.1, 0.15) is 6.61 Å². The van der Waals surface area contributed by atoms with Crippen LogP contribution in [0.1, 0.15) is 19.3 Å². The summed E-state index contributed by atoms with van der Waals surface area (Å²) in [5.41, 5.74) is 0. The van der Waals surface area contributed by atoms with E-state index in [1.54, 1.807) is 0 Å². The zero-order valence-electron chi connectivity index (χ0n) is 8.91. The van der Waals surface area contributed by atoms with E-state index in [4.69, 9.17) is 5.11 Å². The second kappa shape index (κ2) is 9.26. The Bertz CT molecular complexity index is 177. The Morgan fingerprint density at radius 3 is 2.27 bits per heavy atom. The maximum atomic E-state index is 10.6. The van der Waals surface area contributed by atoms with Gasteiger partial charge in [-0.1, -0.05) is 0 Å². The van der Waals surface area contributed by atoms with Crippen LogP contribution in [-0.4, -0.2) is 43.9 Å². The molecular formula is C9H18N2O4. The molecule has 0 rings (SSSR count). The lowest BCUT2D eigenvalue weighted by molar-refractivity contribution is -0.123. The number of hydrogen-bond acceptors (Lipinski definition) is 4. The summed E-state index contributed by atoms with van der Waals surface area (Å²) in [5.74, 6) is -0.359. The summed E-state index contributed by atoms with van der Waals surface area (Å²) >= 11 is 0. The molecule has 0 heterocycles. The van der Waals surface area contributed by atoms with Crippen LogP contribution in [0.15, 0.2) is 0 Å². The third kappa shape index (κ3) is 9.01. The SMILES string of the molecule is COC(=O)NCCCCCNC(=O)CO. The zero-order valence-corrected chi connectivity index (χ0v) is 8.91. The molecule has 0 aromatic rings. The zero-order chi connectivity index (χ0) is 11.5. The molecule has 0 aromatic carbocycles. The first kappa shape index (κ1) is 13.7. The van der Waals surface area contributed by atoms with E-state index in [9.17, 15) is 9.59 Å². The Morgan fingerprint density at radius 2 is 1.73 bits per heavy atom. The molecule has 0 fully saturated rings. The van der Waals surface area contributed by atoms with Gasteiger partial charge in [0.2, 0.25) is 5.91 Å². The van der Waals surface area contributed by atoms with Crippen molar-refractivity contribution >= 4 is 12.0 Å². The van der Waals surface area contributed by atoms with Gasteiger partial charge in [-0.2, -0.15) is 0 Å². The van der Waals surface area contributed by atoms with Crippen molar-refractivity contribution in [2.45, 2.75) is 19.3 Å². The van der Waals surface area contributed by atoms with Crippen LogP contribution < -0.4 is 10.6 Å². The molecule has 2 amide bonds. The lowest BCUT2D eigenvalue weighted by Crippen LogP contribution is -2.27. The fourth-order valence-electron chi connectivity index (χ4n) is 0.973. The minimum atomic E-state index is -0.468. The molecule has 0 radical (unpaired) electrons. The minimum absolute atomic E-state index is 0.359. The molecule has 0 spiro atoms. The normalized spacial score (nSPS) is 9.47. The molecule has 6 heteroatoms. The van der Waals surface area contributed by atoms with Crippen molar-refractivity contribution in [2.75, 3.05) is 26.8 Å². The number of nitrogens with one attached hydrogen (secondary N) is 2. The van der Waals surface area contributed by atoms with Crippen LogP contribution in [-0.2, 0) is 9.53 Å². The lowest BCUT2D eigenvalue weighted by atomic mass is 10.2. The smallest absolute Gasteiger partial charge is 0.406 e. The molecule has 3 N–H and O–H groups in total. The fraction of sp³-hybridized carbons (Fsp3) is 0.778. The highest BCUT2D eigenvalue weighted by Crippen LogP contribution is 1.92. The largest absolute Gasteiger partial charge is 0.453 e. The monoisotopic (exact) mass is 218 g/mol. The predicted molar refractivity (Wildman–Crippen MR) is 54.4 cm³/mol. The summed E-state index contributed by atoms with van der Waals surface area (Å²) in [4.78, 5) is 21.2. The van der Waals surface area contributed by atoms with Crippen molar-refractivity contribution in [1.29, 1.82) is 0 Å². The van der Waals surface area contributed by atoms with Crippen LogP contribution in [0.4, 0.5) is 4.79 Å². The number of aliphatic hydroxyl groups is 1. The van der Waals surface area contributed by atoms with Crippen LogP contribution in [0, 0.1) is 0 Å². The molecule has 0 saturated heterocycles. The van der Waals surface area contributed by atoms with Crippen molar-refractivity contribution in [3.8, 4) is 0 Å². The van der Waals surface area contributed by atoms with Crippen LogP contribution in [0.5, 0.6) is 0 Å². The van der Waals surface area contributed by atoms with Gasteiger partial charge in [-0.05, 0) is 19.3 Å². The van der Waals surface area contributed by atoms with E-state index in [0.717, 1.165) is 19.3 Å². The molecule has 88 valence electrons. The van der Waals surface area contributed by atoms with Crippen LogP contribution >= 0.6 is 0 Å². The topological polar surface area (TPSA) is 87.7 Å². The van der Waals surface area contributed by atoms with Crippen molar-refractivity contribution < 1.29 is 19.4 Å². The molecule has 0 bridgehead atoms. The van der Waals surface area contributed by atoms with E-state index in [0.29, 0.717) is 13.1 Å². The molecular weight excluding hydrogens is 200 g/mol. The fourth-order valence-corrected chi connectivity index (χ4v) is 0.973. The van der Waals surface area contributed by atoms with Crippen molar-refractivity contribution in [3.63, 3.8) is 0 Å². The standard InChI is InChI=1S/C9H18N2O4/c1-15-9(14)11-6-4-2-3-5-10-8(13)7-12/h12H,2-7H2,1H3,(H,10,13)(H,11,14). The van der Waals surface area contributed by atoms with Gasteiger partial charge in [0, 0.05) is 13.1 Å². The number of methoxy groups -OCH3 is 1. The van der Waals surface area contributed by atoms with Gasteiger partial charge in [0.15, 0.2) is 0 Å². The number of ether oxygens (including phenoxy) is 1. The molecule has 6 nitrogen and oxygen atoms in total. The van der Waals surface area contributed by atoms with Crippen LogP contribution in [0.3, 0.4) is 0 Å². The van der Waals surface area contributed by atoms with E-state index in [-0.39, 0.29) is 5.91 Å². The second-order valence-corrected chi connectivity index (χ2v) is 2.99. The third-order valence-electron chi connectivity index (χ3n) is 1.77. The highest BCUT2D eigenvalue weighted by molar-refractivity contribution is 5.76. The number of aliphatic hydroxyl groups excluding tert-OH is 1. The van der Waals surface area contributed by atoms with E-state index >= 15 is 0 Å². The Hall–Kier alpha value is -1.30. The van der Waals surface area contributed by atoms with Crippen LogP contribution in [0.2, 0.25) is 0 Å². The average Bonchev–Trinajstić information content (AvgIpc) is 2.26. The summed E-state index contributed by atoms with van der Waals surface area (Å²) < 4.78 is 4.39. The van der Waals surface area contributed by atoms with Gasteiger partial charge in [-0.15, -0.1) is 0 Å². The molecule has 0 atom stereocenters. The van der Waals surface area contributed by atoms with E-state index < -0.39 is 12.7 Å². The van der Waals surface area contributed by atoms with Gasteiger partial charge in [0.05, 0.1) is 7.11 Å². The van der Waals surface area contributed by atoms with Gasteiger partial charge in [0.25, 0.3) is 0 Å². The minimum Gasteiger partial charge on any atom is -0.453 e. The summed E-state index contributed by atoms with van der Waals surface area (Å²) in [5, 5.41) is 13.5. The molecule has 0 saturated carbocycles. The van der Waals surface area contributed by atoms with Crippen molar-refractivity contribution in [2.24, 2.45) is 0 Å². The number of hydrogen-bond donors (Lipinski definition) is 3. The number of carbonyl (C=O) groups is 2. The molecule has 0 aliphatic carbocycles. The molecule has 0 aromatic heterocycles. The molecule has 15 heavy (non-hydrogen) atoms. The Kier molecular flexibility index (Phi) is 8.46. The van der Waals surface area contributed by atoms with E-state index in [1.165, 1.54) is 7.11 Å². The average molecular weight is 218 g/mol. The first-order valence-electron chi connectivity index (χ1n) is 4.90. The number of unbranched alkanes of at least 4 members (excludes halogenated alkanes) is 2. The number of rotatable bonds is 7. The Morgan fingerprint density at radius 1 is 1.13 bits per heavy atom. The first-order valence-corrected chi connectivity index (χ1v) is 4.90. The van der Waals surface area contributed by atoms with Gasteiger partial charge >= 0.3 is 6.09 Å². The predicted octanol–water partition coefficient (Wildman–Crippen LogP) is -0.379. The number of amides is 2. The van der Waals surface area contributed by atoms with Crippen molar-refractivity contribution in [1.82, 2.24) is 10.6 Å². The summed E-state index contributed by atoms with van der Waals surface area (Å²) in [6.07, 6.45) is 2.14. The van der Waals surface area contributed by atoms with Gasteiger partial charge < -0.3 is 20.5 Å². The summed E-state index contributed by atoms with van der Waals surface area (Å²) in [7, 11) is 1.32. The van der Waals surface area contributed by atoms with E-state index in [2.05, 4.69) is 15.4 Å². The molecule has 0 aliphatic heterocycles. The van der Waals surface area contributed by atoms with Gasteiger partial charge in [-0.25, -0.2) is 4.79 Å². The number of carbonyl (C=O) groups excluding carboxylic acids is 2. The molecule has 0 aliphatic rings. The third-order valence-corrected chi connectivity index (χ3v) is 1.77. The Balaban J connectivity index is 3.11. The maximum Gasteiger partial charge on any atom is 0.406 e. The molecule has 0 unspecified atom stereocenters. The van der Waals surface area contributed by atoms with Crippen molar-refractivity contribution in [3.05, 3.63) is 0 Å². The summed E-state index contributed by atoms with van der Waals surface area (Å²) in [6.45, 7) is 0.655.